The molecule has 0 saturated carbocycles. The summed E-state index contributed by atoms with van der Waals surface area (Å²) < 4.78 is 13.1. The normalized spacial score (nSPS) is 9.74. The maximum Gasteiger partial charge on any atom is 0.256 e. The van der Waals surface area contributed by atoms with Crippen LogP contribution < -0.4 is 5.32 Å². The molecule has 0 saturated heterocycles. The van der Waals surface area contributed by atoms with Gasteiger partial charge in [0.1, 0.15) is 17.7 Å². The molecule has 2 rings (SSSR count). The molecular weight excluding hydrogens is 245 g/mol. The van der Waals surface area contributed by atoms with Gasteiger partial charge in [-0.1, -0.05) is 0 Å². The minimum atomic E-state index is -0.375. The topological polar surface area (TPSA) is 65.8 Å². The number of pyridine rings is 1. The Kier molecular flexibility index (Phi) is 3.53. The van der Waals surface area contributed by atoms with Gasteiger partial charge in [0.25, 0.3) is 5.91 Å². The number of nitrogens with zero attached hydrogens (tertiary/aromatic N) is 2. The molecule has 5 heteroatoms. The molecule has 0 aliphatic carbocycles. The number of halogens is 1. The number of carbonyl (C=O) groups is 1. The Morgan fingerprint density at radius 1 is 1.37 bits per heavy atom. The van der Waals surface area contributed by atoms with Crippen LogP contribution in [0.15, 0.2) is 36.5 Å². The average molecular weight is 255 g/mol. The molecule has 0 aliphatic rings. The van der Waals surface area contributed by atoms with E-state index in [1.807, 2.05) is 6.07 Å². The Bertz CT molecular complexity index is 659. The average Bonchev–Trinajstić information content (AvgIpc) is 2.42. The largest absolute Gasteiger partial charge is 0.307 e. The van der Waals surface area contributed by atoms with Crippen molar-refractivity contribution in [2.45, 2.75) is 6.92 Å². The van der Waals surface area contributed by atoms with E-state index in [0.29, 0.717) is 22.5 Å². The number of rotatable bonds is 2. The number of amides is 1. The van der Waals surface area contributed by atoms with Crippen LogP contribution in [-0.4, -0.2) is 10.9 Å². The lowest BCUT2D eigenvalue weighted by Gasteiger charge is -2.05. The minimum Gasteiger partial charge on any atom is -0.307 e. The maximum absolute atomic E-state index is 13.1. The molecule has 1 amide bonds. The first-order chi connectivity index (χ1) is 9.10. The van der Waals surface area contributed by atoms with Crippen LogP contribution in [0.25, 0.3) is 0 Å². The highest BCUT2D eigenvalue weighted by Crippen LogP contribution is 2.11. The van der Waals surface area contributed by atoms with E-state index >= 15 is 0 Å². The minimum absolute atomic E-state index is 0.339. The third-order valence-electron chi connectivity index (χ3n) is 2.55. The van der Waals surface area contributed by atoms with Crippen molar-refractivity contribution in [2.75, 3.05) is 5.32 Å². The zero-order valence-electron chi connectivity index (χ0n) is 10.1. The van der Waals surface area contributed by atoms with Crippen LogP contribution in [-0.2, 0) is 0 Å². The molecule has 0 unspecified atom stereocenters. The van der Waals surface area contributed by atoms with E-state index in [-0.39, 0.29) is 11.7 Å². The molecule has 19 heavy (non-hydrogen) atoms. The summed E-state index contributed by atoms with van der Waals surface area (Å²) in [5.74, 6) is -0.390. The second-order valence-corrected chi connectivity index (χ2v) is 3.96. The number of aromatic nitrogens is 1. The van der Waals surface area contributed by atoms with Crippen LogP contribution >= 0.6 is 0 Å². The van der Waals surface area contributed by atoms with Crippen LogP contribution in [0, 0.1) is 24.1 Å². The van der Waals surface area contributed by atoms with Gasteiger partial charge in [0.15, 0.2) is 0 Å². The first-order valence-electron chi connectivity index (χ1n) is 5.54. The van der Waals surface area contributed by atoms with Crippen molar-refractivity contribution in [3.8, 4) is 6.07 Å². The highest BCUT2D eigenvalue weighted by atomic mass is 19.1. The molecule has 1 aromatic carbocycles. The van der Waals surface area contributed by atoms with Gasteiger partial charge in [-0.3, -0.25) is 4.79 Å². The van der Waals surface area contributed by atoms with Gasteiger partial charge in [-0.2, -0.15) is 5.26 Å². The number of carbonyl (C=O) groups excluding carboxylic acids is 1. The molecular formula is C14H10FN3O. The van der Waals surface area contributed by atoms with Crippen molar-refractivity contribution in [2.24, 2.45) is 0 Å². The van der Waals surface area contributed by atoms with Gasteiger partial charge in [0, 0.05) is 11.8 Å². The van der Waals surface area contributed by atoms with Gasteiger partial charge in [0.05, 0.1) is 5.56 Å². The molecule has 0 spiro atoms. The number of benzene rings is 1. The standard InChI is InChI=1S/C14H10FN3O/c1-9-6-11(3-4-12(9)15)14(19)18-13-5-2-10(7-16)8-17-13/h2-6,8H,1H3,(H,17,18,19). The second-order valence-electron chi connectivity index (χ2n) is 3.96. The summed E-state index contributed by atoms with van der Waals surface area (Å²) in [6.07, 6.45) is 1.37. The summed E-state index contributed by atoms with van der Waals surface area (Å²) in [6.45, 7) is 1.59. The summed E-state index contributed by atoms with van der Waals surface area (Å²) in [6, 6.07) is 9.14. The van der Waals surface area contributed by atoms with Crippen molar-refractivity contribution in [3.63, 3.8) is 0 Å². The quantitative estimate of drug-likeness (QED) is 0.897. The van der Waals surface area contributed by atoms with E-state index in [4.69, 9.17) is 5.26 Å². The first kappa shape index (κ1) is 12.7. The van der Waals surface area contributed by atoms with E-state index in [1.165, 1.54) is 30.5 Å². The van der Waals surface area contributed by atoms with Gasteiger partial charge in [-0.05, 0) is 42.8 Å². The monoisotopic (exact) mass is 255 g/mol. The Morgan fingerprint density at radius 3 is 2.74 bits per heavy atom. The third-order valence-corrected chi connectivity index (χ3v) is 2.55. The fourth-order valence-electron chi connectivity index (χ4n) is 1.51. The molecule has 0 fully saturated rings. The lowest BCUT2D eigenvalue weighted by molar-refractivity contribution is 0.102. The van der Waals surface area contributed by atoms with Gasteiger partial charge in [-0.25, -0.2) is 9.37 Å². The Labute approximate surface area is 109 Å². The molecule has 1 heterocycles. The summed E-state index contributed by atoms with van der Waals surface area (Å²) in [7, 11) is 0. The molecule has 94 valence electrons. The molecule has 0 bridgehead atoms. The van der Waals surface area contributed by atoms with Crippen LogP contribution in [0.1, 0.15) is 21.5 Å². The highest BCUT2D eigenvalue weighted by Gasteiger charge is 2.08. The summed E-state index contributed by atoms with van der Waals surface area (Å²) in [5.41, 5.74) is 1.17. The molecule has 0 aliphatic heterocycles. The van der Waals surface area contributed by atoms with E-state index < -0.39 is 0 Å². The van der Waals surface area contributed by atoms with Crippen LogP contribution in [0.3, 0.4) is 0 Å². The van der Waals surface area contributed by atoms with Crippen LogP contribution in [0.4, 0.5) is 10.2 Å². The van der Waals surface area contributed by atoms with E-state index in [2.05, 4.69) is 10.3 Å². The van der Waals surface area contributed by atoms with Gasteiger partial charge >= 0.3 is 0 Å². The number of hydrogen-bond donors (Lipinski definition) is 1. The smallest absolute Gasteiger partial charge is 0.256 e. The summed E-state index contributed by atoms with van der Waals surface area (Å²) in [4.78, 5) is 15.8. The second kappa shape index (κ2) is 5.27. The van der Waals surface area contributed by atoms with Crippen molar-refractivity contribution >= 4 is 11.7 Å². The Hall–Kier alpha value is -2.74. The summed E-state index contributed by atoms with van der Waals surface area (Å²) >= 11 is 0. The number of nitrogens with one attached hydrogen (secondary N) is 1. The van der Waals surface area contributed by atoms with E-state index in [9.17, 15) is 9.18 Å². The van der Waals surface area contributed by atoms with Gasteiger partial charge < -0.3 is 5.32 Å². The fourth-order valence-corrected chi connectivity index (χ4v) is 1.51. The number of nitriles is 1. The number of anilines is 1. The number of hydrogen-bond acceptors (Lipinski definition) is 3. The lowest BCUT2D eigenvalue weighted by atomic mass is 10.1. The molecule has 1 N–H and O–H groups in total. The zero-order chi connectivity index (χ0) is 13.8. The fraction of sp³-hybridized carbons (Fsp3) is 0.0714. The predicted molar refractivity (Wildman–Crippen MR) is 68.0 cm³/mol. The summed E-state index contributed by atoms with van der Waals surface area (Å²) in [5, 5.41) is 11.2. The number of aryl methyl sites for hydroxylation is 1. The predicted octanol–water partition coefficient (Wildman–Crippen LogP) is 2.65. The lowest BCUT2D eigenvalue weighted by Crippen LogP contribution is -2.13. The molecule has 0 radical (unpaired) electrons. The van der Waals surface area contributed by atoms with Gasteiger partial charge in [0.2, 0.25) is 0 Å². The first-order valence-corrected chi connectivity index (χ1v) is 5.54. The SMILES string of the molecule is Cc1cc(C(=O)Nc2ccc(C#N)cn2)ccc1F. The Morgan fingerprint density at radius 2 is 2.16 bits per heavy atom. The molecule has 2 aromatic rings. The van der Waals surface area contributed by atoms with E-state index in [1.54, 1.807) is 13.0 Å². The Balaban J connectivity index is 2.16. The van der Waals surface area contributed by atoms with Crippen LogP contribution in [0.5, 0.6) is 0 Å². The van der Waals surface area contributed by atoms with Crippen molar-refractivity contribution < 1.29 is 9.18 Å². The van der Waals surface area contributed by atoms with Crippen molar-refractivity contribution in [1.29, 1.82) is 5.26 Å². The van der Waals surface area contributed by atoms with Crippen molar-refractivity contribution in [3.05, 3.63) is 59.0 Å². The van der Waals surface area contributed by atoms with Gasteiger partial charge in [-0.15, -0.1) is 0 Å². The maximum atomic E-state index is 13.1. The third kappa shape index (κ3) is 2.93. The molecule has 4 nitrogen and oxygen atoms in total. The highest BCUT2D eigenvalue weighted by molar-refractivity contribution is 6.03. The van der Waals surface area contributed by atoms with Crippen LogP contribution in [0.2, 0.25) is 0 Å². The zero-order valence-corrected chi connectivity index (χ0v) is 10.1. The van der Waals surface area contributed by atoms with Crippen molar-refractivity contribution in [1.82, 2.24) is 4.98 Å². The molecule has 0 atom stereocenters. The molecule has 1 aromatic heterocycles. The van der Waals surface area contributed by atoms with E-state index in [0.717, 1.165) is 0 Å².